The van der Waals surface area contributed by atoms with E-state index >= 15 is 0 Å². The normalized spacial score (nSPS) is 11.2. The van der Waals surface area contributed by atoms with Crippen molar-refractivity contribution in [3.63, 3.8) is 0 Å². The highest BCUT2D eigenvalue weighted by atomic mass is 14.9. The molecule has 0 aliphatic heterocycles. The number of unbranched alkanes of at least 4 members (excludes halogenated alkanes) is 7. The molecule has 2 nitrogen and oxygen atoms in total. The van der Waals surface area contributed by atoms with Crippen LogP contribution in [0.5, 0.6) is 0 Å². The van der Waals surface area contributed by atoms with Crippen LogP contribution >= 0.6 is 0 Å². The van der Waals surface area contributed by atoms with Crippen molar-refractivity contribution in [1.29, 1.82) is 0 Å². The van der Waals surface area contributed by atoms with E-state index < -0.39 is 0 Å². The van der Waals surface area contributed by atoms with Crippen LogP contribution < -0.4 is 5.32 Å². The molecule has 0 aliphatic rings. The summed E-state index contributed by atoms with van der Waals surface area (Å²) in [5.41, 5.74) is 4.84. The fraction of sp³-hybridized carbons (Fsp3) is 0.345. The molecule has 0 atom stereocenters. The highest BCUT2D eigenvalue weighted by molar-refractivity contribution is 6.07. The first-order valence-electron chi connectivity index (χ1n) is 12.0. The van der Waals surface area contributed by atoms with Gasteiger partial charge in [0.2, 0.25) is 0 Å². The number of rotatable bonds is 12. The third-order valence-electron chi connectivity index (χ3n) is 6.12. The first kappa shape index (κ1) is 21.4. The second-order valence-corrected chi connectivity index (χ2v) is 8.51. The summed E-state index contributed by atoms with van der Waals surface area (Å²) in [5, 5.41) is 6.16. The molecule has 3 aromatic carbocycles. The average molecular weight is 411 g/mol. The lowest BCUT2D eigenvalue weighted by Crippen LogP contribution is -2.03. The molecule has 0 bridgehead atoms. The fourth-order valence-electron chi connectivity index (χ4n) is 4.40. The van der Waals surface area contributed by atoms with Crippen LogP contribution in [-0.2, 0) is 6.42 Å². The van der Waals surface area contributed by atoms with Gasteiger partial charge >= 0.3 is 0 Å². The van der Waals surface area contributed by atoms with E-state index in [0.29, 0.717) is 0 Å². The number of aryl methyl sites for hydroxylation is 1. The Morgan fingerprint density at radius 2 is 1.03 bits per heavy atom. The molecule has 0 saturated carbocycles. The number of nitrogens with one attached hydrogen (secondary N) is 1. The van der Waals surface area contributed by atoms with E-state index in [4.69, 9.17) is 4.98 Å². The predicted molar refractivity (Wildman–Crippen MR) is 135 cm³/mol. The van der Waals surface area contributed by atoms with Gasteiger partial charge in [-0.15, -0.1) is 0 Å². The summed E-state index contributed by atoms with van der Waals surface area (Å²) in [6.07, 6.45) is 11.9. The topological polar surface area (TPSA) is 24.9 Å². The van der Waals surface area contributed by atoms with Gasteiger partial charge in [-0.05, 0) is 37.0 Å². The molecule has 1 heterocycles. The van der Waals surface area contributed by atoms with E-state index in [9.17, 15) is 0 Å². The maximum Gasteiger partial charge on any atom is 0.0730 e. The number of hydrogen-bond acceptors (Lipinski definition) is 2. The van der Waals surface area contributed by atoms with Gasteiger partial charge in [-0.1, -0.05) is 105 Å². The van der Waals surface area contributed by atoms with Crippen molar-refractivity contribution < 1.29 is 0 Å². The number of nitrogens with zero attached hydrogens (tertiary/aromatic N) is 1. The molecule has 0 fully saturated rings. The number of anilines is 1. The minimum absolute atomic E-state index is 1.02. The minimum atomic E-state index is 1.02. The van der Waals surface area contributed by atoms with Crippen LogP contribution in [0.1, 0.15) is 56.9 Å². The predicted octanol–water partition coefficient (Wildman–Crippen LogP) is 8.16. The standard InChI is InChI=1S/C29H34N2/c1(3-5-8-16-24-17-9-7-10-18-24)2-4-6-15-23-30-29-25-19-11-13-21-27(25)31-28-22-14-12-20-26(28)29/h7,9-14,17-22H,1-6,8,15-16,23H2,(H,30,31). The van der Waals surface area contributed by atoms with Crippen LogP contribution in [0.25, 0.3) is 21.8 Å². The molecule has 1 aromatic heterocycles. The Balaban J connectivity index is 1.14. The highest BCUT2D eigenvalue weighted by Gasteiger charge is 2.07. The maximum atomic E-state index is 4.81. The Kier molecular flexibility index (Phi) is 7.93. The summed E-state index contributed by atoms with van der Waals surface area (Å²) < 4.78 is 0. The van der Waals surface area contributed by atoms with Gasteiger partial charge in [0.05, 0.1) is 16.7 Å². The lowest BCUT2D eigenvalue weighted by atomic mass is 10.0. The lowest BCUT2D eigenvalue weighted by Gasteiger charge is -2.13. The molecule has 0 spiro atoms. The number of fused-ring (bicyclic) bond motifs is 2. The van der Waals surface area contributed by atoms with Gasteiger partial charge in [0.25, 0.3) is 0 Å². The van der Waals surface area contributed by atoms with Gasteiger partial charge in [0, 0.05) is 17.3 Å². The molecular weight excluding hydrogens is 376 g/mol. The molecule has 31 heavy (non-hydrogen) atoms. The number of aromatic nitrogens is 1. The first-order valence-corrected chi connectivity index (χ1v) is 12.0. The third-order valence-corrected chi connectivity index (χ3v) is 6.12. The van der Waals surface area contributed by atoms with E-state index in [2.05, 4.69) is 84.2 Å². The number of pyridine rings is 1. The van der Waals surface area contributed by atoms with Crippen LogP contribution in [-0.4, -0.2) is 11.5 Å². The molecule has 1 N–H and O–H groups in total. The first-order chi connectivity index (χ1) is 15.4. The summed E-state index contributed by atoms with van der Waals surface area (Å²) >= 11 is 0. The molecule has 0 amide bonds. The van der Waals surface area contributed by atoms with E-state index in [-0.39, 0.29) is 0 Å². The summed E-state index contributed by atoms with van der Waals surface area (Å²) in [6.45, 7) is 1.02. The molecule has 4 rings (SSSR count). The van der Waals surface area contributed by atoms with Crippen LogP contribution in [0.2, 0.25) is 0 Å². The van der Waals surface area contributed by atoms with Gasteiger partial charge in [0.1, 0.15) is 0 Å². The van der Waals surface area contributed by atoms with Gasteiger partial charge in [-0.2, -0.15) is 0 Å². The average Bonchev–Trinajstić information content (AvgIpc) is 2.82. The highest BCUT2D eigenvalue weighted by Crippen LogP contribution is 2.30. The monoisotopic (exact) mass is 410 g/mol. The smallest absolute Gasteiger partial charge is 0.0730 e. The second kappa shape index (κ2) is 11.5. The fourth-order valence-corrected chi connectivity index (χ4v) is 4.40. The largest absolute Gasteiger partial charge is 0.384 e. The van der Waals surface area contributed by atoms with Crippen molar-refractivity contribution in [2.24, 2.45) is 0 Å². The Labute approximate surface area is 186 Å². The maximum absolute atomic E-state index is 4.81. The van der Waals surface area contributed by atoms with Gasteiger partial charge in [-0.25, -0.2) is 4.98 Å². The minimum Gasteiger partial charge on any atom is -0.384 e. The molecule has 4 aromatic rings. The zero-order chi connectivity index (χ0) is 21.1. The molecule has 160 valence electrons. The molecule has 0 aliphatic carbocycles. The Bertz CT molecular complexity index is 1020. The van der Waals surface area contributed by atoms with Crippen molar-refractivity contribution >= 4 is 27.5 Å². The Morgan fingerprint density at radius 3 is 1.68 bits per heavy atom. The summed E-state index contributed by atoms with van der Waals surface area (Å²) in [4.78, 5) is 4.81. The van der Waals surface area contributed by atoms with Crippen LogP contribution in [0.15, 0.2) is 78.9 Å². The van der Waals surface area contributed by atoms with Crippen LogP contribution in [0.4, 0.5) is 5.69 Å². The summed E-state index contributed by atoms with van der Waals surface area (Å²) in [6, 6.07) is 27.8. The van der Waals surface area contributed by atoms with Crippen molar-refractivity contribution in [1.82, 2.24) is 4.98 Å². The number of para-hydroxylation sites is 2. The van der Waals surface area contributed by atoms with E-state index in [1.165, 1.54) is 79.8 Å². The number of benzene rings is 3. The zero-order valence-electron chi connectivity index (χ0n) is 18.5. The van der Waals surface area contributed by atoms with E-state index in [1.54, 1.807) is 0 Å². The molecular formula is C29H34N2. The van der Waals surface area contributed by atoms with E-state index in [1.807, 2.05) is 0 Å². The molecule has 0 unspecified atom stereocenters. The van der Waals surface area contributed by atoms with Crippen LogP contribution in [0, 0.1) is 0 Å². The van der Waals surface area contributed by atoms with Crippen molar-refractivity contribution in [3.05, 3.63) is 84.4 Å². The Hall–Kier alpha value is -2.87. The van der Waals surface area contributed by atoms with Gasteiger partial charge < -0.3 is 5.32 Å². The van der Waals surface area contributed by atoms with E-state index in [0.717, 1.165) is 17.6 Å². The van der Waals surface area contributed by atoms with Gasteiger partial charge in [-0.3, -0.25) is 0 Å². The number of hydrogen-bond donors (Lipinski definition) is 1. The Morgan fingerprint density at radius 1 is 0.516 bits per heavy atom. The molecule has 0 radical (unpaired) electrons. The third kappa shape index (κ3) is 6.07. The van der Waals surface area contributed by atoms with Crippen molar-refractivity contribution in [2.75, 3.05) is 11.9 Å². The molecule has 0 saturated heterocycles. The quantitative estimate of drug-likeness (QED) is 0.188. The van der Waals surface area contributed by atoms with Crippen molar-refractivity contribution in [3.8, 4) is 0 Å². The van der Waals surface area contributed by atoms with Crippen LogP contribution in [0.3, 0.4) is 0 Å². The van der Waals surface area contributed by atoms with Crippen molar-refractivity contribution in [2.45, 2.75) is 57.8 Å². The molecule has 2 heteroatoms. The van der Waals surface area contributed by atoms with Gasteiger partial charge in [0.15, 0.2) is 0 Å². The SMILES string of the molecule is c1ccc(CCCCCCCCCCNc2c3ccccc3nc3ccccc23)cc1. The second-order valence-electron chi connectivity index (χ2n) is 8.51. The summed E-state index contributed by atoms with van der Waals surface area (Å²) in [7, 11) is 0. The lowest BCUT2D eigenvalue weighted by molar-refractivity contribution is 0.572. The summed E-state index contributed by atoms with van der Waals surface area (Å²) in [5.74, 6) is 0. The zero-order valence-corrected chi connectivity index (χ0v) is 18.5.